The predicted molar refractivity (Wildman–Crippen MR) is 163 cm³/mol. The number of aliphatic hydroxyl groups is 1. The number of nitrogens with two attached hydrogens (primary N) is 1. The molecule has 4 rings (SSSR count). The third-order valence-corrected chi connectivity index (χ3v) is 8.89. The number of likely N-dealkylation sites (tertiary alicyclic amines) is 1. The molecule has 2 aromatic rings. The lowest BCUT2D eigenvalue weighted by atomic mass is 10.1. The third kappa shape index (κ3) is 8.35. The molecular formula is C29H41N7O4S. The van der Waals surface area contributed by atoms with Gasteiger partial charge in [-0.3, -0.25) is 9.59 Å². The van der Waals surface area contributed by atoms with Gasteiger partial charge in [0.15, 0.2) is 0 Å². The highest BCUT2D eigenvalue weighted by atomic mass is 32.2. The molecule has 2 unspecified atom stereocenters. The number of amides is 4. The van der Waals surface area contributed by atoms with Crippen LogP contribution >= 0.6 is 11.8 Å². The van der Waals surface area contributed by atoms with Crippen LogP contribution in [0, 0.1) is 0 Å². The number of rotatable bonds is 13. The Labute approximate surface area is 245 Å². The molecule has 0 bridgehead atoms. The van der Waals surface area contributed by atoms with Gasteiger partial charge in [-0.2, -0.15) is 0 Å². The van der Waals surface area contributed by atoms with Gasteiger partial charge < -0.3 is 41.9 Å². The largest absolute Gasteiger partial charge is 0.394 e. The Morgan fingerprint density at radius 2 is 1.76 bits per heavy atom. The zero-order valence-electron chi connectivity index (χ0n) is 23.4. The zero-order valence-corrected chi connectivity index (χ0v) is 24.2. The zero-order chi connectivity index (χ0) is 29.2. The van der Waals surface area contributed by atoms with Crippen LogP contribution in [0.25, 0.3) is 0 Å². The highest BCUT2D eigenvalue weighted by molar-refractivity contribution is 8.01. The van der Waals surface area contributed by atoms with Crippen molar-refractivity contribution < 1.29 is 19.5 Å². The van der Waals surface area contributed by atoms with Gasteiger partial charge in [0.25, 0.3) is 0 Å². The molecular weight excluding hydrogens is 542 g/mol. The normalized spacial score (nSPS) is 20.5. The topological polar surface area (TPSA) is 152 Å². The molecule has 2 heterocycles. The molecule has 0 aromatic heterocycles. The van der Waals surface area contributed by atoms with Crippen molar-refractivity contribution in [3.05, 3.63) is 60.2 Å². The molecule has 0 spiro atoms. The van der Waals surface area contributed by atoms with Crippen LogP contribution in [-0.2, 0) is 9.59 Å². The summed E-state index contributed by atoms with van der Waals surface area (Å²) in [5, 5.41) is 20.7. The van der Waals surface area contributed by atoms with Crippen molar-refractivity contribution in [3.8, 4) is 0 Å². The average Bonchev–Trinajstić information content (AvgIpc) is 3.62. The summed E-state index contributed by atoms with van der Waals surface area (Å²) in [6.07, 6.45) is 2.45. The van der Waals surface area contributed by atoms with Gasteiger partial charge in [0, 0.05) is 37.6 Å². The summed E-state index contributed by atoms with van der Waals surface area (Å²) in [6.45, 7) is 6.05. The molecule has 2 fully saturated rings. The fourth-order valence-electron chi connectivity index (χ4n) is 5.07. The highest BCUT2D eigenvalue weighted by Gasteiger charge is 2.44. The lowest BCUT2D eigenvalue weighted by Crippen LogP contribution is -2.53. The van der Waals surface area contributed by atoms with E-state index in [0.29, 0.717) is 25.3 Å². The number of hydrogen-bond donors (Lipinski definition) is 6. The maximum atomic E-state index is 13.1. The number of anilines is 2. The lowest BCUT2D eigenvalue weighted by Gasteiger charge is -2.28. The summed E-state index contributed by atoms with van der Waals surface area (Å²) in [5.74, 6) is -0.502. The monoisotopic (exact) mass is 583 g/mol. The standard InChI is InChI=1S/C29H41N7O4S/c1-2-36-27(39)24(41-28(36)25(30)26(38)34-23(19-37)20-8-4-3-5-9-20)18-32-21-10-12-22(13-11-21)33-29(40)31-14-17-35-15-6-7-16-35/h3-5,8-13,23-25,28,32,37H,2,6-7,14-19,30H2,1H3,(H,34,38)(H2,31,33,40)/t23?,24-,25-,28?/m1/s1. The number of hydrogen-bond acceptors (Lipinski definition) is 8. The second-order valence-electron chi connectivity index (χ2n) is 10.2. The van der Waals surface area contributed by atoms with Crippen molar-refractivity contribution in [2.75, 3.05) is 56.5 Å². The molecule has 0 aliphatic carbocycles. The van der Waals surface area contributed by atoms with Crippen LogP contribution in [0.2, 0.25) is 0 Å². The molecule has 2 saturated heterocycles. The maximum absolute atomic E-state index is 13.1. The van der Waals surface area contributed by atoms with E-state index in [1.807, 2.05) is 49.4 Å². The number of carbonyl (C=O) groups is 3. The number of benzene rings is 2. The van der Waals surface area contributed by atoms with Gasteiger partial charge in [0.2, 0.25) is 11.8 Å². The highest BCUT2D eigenvalue weighted by Crippen LogP contribution is 2.33. The van der Waals surface area contributed by atoms with Crippen LogP contribution in [-0.4, -0.2) is 95.3 Å². The summed E-state index contributed by atoms with van der Waals surface area (Å²) in [5.41, 5.74) is 8.60. The predicted octanol–water partition coefficient (Wildman–Crippen LogP) is 1.78. The van der Waals surface area contributed by atoms with Crippen molar-refractivity contribution in [2.24, 2.45) is 5.73 Å². The SMILES string of the molecule is CCN1C(=O)[C@@H](CNc2ccc(NC(=O)NCCN3CCCC3)cc2)SC1[C@H](N)C(=O)NC(CO)c1ccccc1. The van der Waals surface area contributed by atoms with Gasteiger partial charge in [-0.25, -0.2) is 4.79 Å². The number of nitrogens with zero attached hydrogens (tertiary/aromatic N) is 2. The van der Waals surface area contributed by atoms with E-state index in [9.17, 15) is 19.5 Å². The Kier molecular flexibility index (Phi) is 11.3. The molecule has 0 saturated carbocycles. The fraction of sp³-hybridized carbons (Fsp3) is 0.483. The first-order chi connectivity index (χ1) is 19.9. The molecule has 4 atom stereocenters. The Morgan fingerprint density at radius 1 is 1.07 bits per heavy atom. The van der Waals surface area contributed by atoms with Crippen LogP contribution in [0.1, 0.15) is 31.4 Å². The first-order valence-electron chi connectivity index (χ1n) is 14.2. The molecule has 41 heavy (non-hydrogen) atoms. The maximum Gasteiger partial charge on any atom is 0.319 e. The van der Waals surface area contributed by atoms with Crippen LogP contribution in [0.4, 0.5) is 16.2 Å². The van der Waals surface area contributed by atoms with E-state index in [4.69, 9.17) is 5.73 Å². The van der Waals surface area contributed by atoms with Gasteiger partial charge in [0.1, 0.15) is 16.7 Å². The molecule has 0 radical (unpaired) electrons. The molecule has 12 heteroatoms. The fourth-order valence-corrected chi connectivity index (χ4v) is 6.53. The molecule has 2 aromatic carbocycles. The molecule has 11 nitrogen and oxygen atoms in total. The van der Waals surface area contributed by atoms with Crippen molar-refractivity contribution in [3.63, 3.8) is 0 Å². The van der Waals surface area contributed by atoms with E-state index >= 15 is 0 Å². The van der Waals surface area contributed by atoms with Crippen molar-refractivity contribution in [1.29, 1.82) is 0 Å². The van der Waals surface area contributed by atoms with E-state index in [0.717, 1.165) is 30.9 Å². The number of aliphatic hydroxyl groups excluding tert-OH is 1. The molecule has 2 aliphatic rings. The molecule has 222 valence electrons. The van der Waals surface area contributed by atoms with Gasteiger partial charge in [0.05, 0.1) is 12.6 Å². The number of carbonyl (C=O) groups excluding carboxylic acids is 3. The van der Waals surface area contributed by atoms with Gasteiger partial charge in [-0.15, -0.1) is 11.8 Å². The van der Waals surface area contributed by atoms with E-state index < -0.39 is 28.6 Å². The van der Waals surface area contributed by atoms with Crippen LogP contribution in [0.15, 0.2) is 54.6 Å². The molecule has 7 N–H and O–H groups in total. The number of nitrogens with one attached hydrogen (secondary N) is 4. The van der Waals surface area contributed by atoms with E-state index in [-0.39, 0.29) is 18.5 Å². The molecule has 4 amide bonds. The van der Waals surface area contributed by atoms with Gasteiger partial charge in [-0.05, 0) is 62.7 Å². The Hall–Kier alpha value is -3.32. The Balaban J connectivity index is 1.25. The smallest absolute Gasteiger partial charge is 0.319 e. The van der Waals surface area contributed by atoms with Crippen LogP contribution in [0.5, 0.6) is 0 Å². The summed E-state index contributed by atoms with van der Waals surface area (Å²) < 4.78 is 0. The van der Waals surface area contributed by atoms with E-state index in [1.165, 1.54) is 24.6 Å². The number of urea groups is 1. The lowest BCUT2D eigenvalue weighted by molar-refractivity contribution is -0.131. The minimum Gasteiger partial charge on any atom is -0.394 e. The number of thioether (sulfide) groups is 1. The quantitative estimate of drug-likeness (QED) is 0.209. The van der Waals surface area contributed by atoms with E-state index in [2.05, 4.69) is 26.2 Å². The summed E-state index contributed by atoms with van der Waals surface area (Å²) in [6, 6.07) is 14.7. The van der Waals surface area contributed by atoms with Crippen LogP contribution in [0.3, 0.4) is 0 Å². The minimum absolute atomic E-state index is 0.0797. The van der Waals surface area contributed by atoms with Crippen molar-refractivity contribution in [2.45, 2.75) is 42.5 Å². The summed E-state index contributed by atoms with van der Waals surface area (Å²) >= 11 is 1.36. The average molecular weight is 584 g/mol. The van der Waals surface area contributed by atoms with Gasteiger partial charge in [-0.1, -0.05) is 30.3 Å². The van der Waals surface area contributed by atoms with E-state index in [1.54, 1.807) is 17.0 Å². The first-order valence-corrected chi connectivity index (χ1v) is 15.1. The Bertz CT molecular complexity index is 1150. The van der Waals surface area contributed by atoms with Crippen molar-refractivity contribution >= 4 is 41.0 Å². The minimum atomic E-state index is -0.960. The number of likely N-dealkylation sites (N-methyl/N-ethyl adjacent to an activating group) is 1. The van der Waals surface area contributed by atoms with Gasteiger partial charge >= 0.3 is 6.03 Å². The third-order valence-electron chi connectivity index (χ3n) is 7.37. The molecule has 2 aliphatic heterocycles. The second-order valence-corrected chi connectivity index (χ2v) is 11.5. The van der Waals surface area contributed by atoms with Crippen LogP contribution < -0.4 is 27.0 Å². The summed E-state index contributed by atoms with van der Waals surface area (Å²) in [4.78, 5) is 42.3. The summed E-state index contributed by atoms with van der Waals surface area (Å²) in [7, 11) is 0. The first kappa shape index (κ1) is 30.6. The second kappa shape index (κ2) is 15.1. The Morgan fingerprint density at radius 3 is 2.41 bits per heavy atom. The van der Waals surface area contributed by atoms with Crippen molar-refractivity contribution in [1.82, 2.24) is 20.4 Å².